The average molecular weight is 433 g/mol. The fourth-order valence-corrected chi connectivity index (χ4v) is 5.47. The van der Waals surface area contributed by atoms with Gasteiger partial charge in [0.1, 0.15) is 0 Å². The van der Waals surface area contributed by atoms with Crippen LogP contribution in [0.4, 0.5) is 5.69 Å². The maximum Gasteiger partial charge on any atom is 0.264 e. The molecular formula is C22H28N2O3S2. The maximum absolute atomic E-state index is 13.1. The number of benzene rings is 2. The number of rotatable bonds is 6. The number of anilines is 1. The van der Waals surface area contributed by atoms with Gasteiger partial charge in [-0.25, -0.2) is 8.42 Å². The van der Waals surface area contributed by atoms with Crippen LogP contribution in [-0.2, 0) is 10.0 Å². The molecule has 29 heavy (non-hydrogen) atoms. The Balaban J connectivity index is 1.81. The molecule has 1 aliphatic heterocycles. The minimum absolute atomic E-state index is 0.0250. The second kappa shape index (κ2) is 9.67. The van der Waals surface area contributed by atoms with Gasteiger partial charge in [0.25, 0.3) is 15.9 Å². The zero-order chi connectivity index (χ0) is 20.9. The third kappa shape index (κ3) is 4.95. The highest BCUT2D eigenvalue weighted by Gasteiger charge is 2.24. The molecule has 0 spiro atoms. The van der Waals surface area contributed by atoms with Crippen molar-refractivity contribution in [1.29, 1.82) is 0 Å². The van der Waals surface area contributed by atoms with Crippen LogP contribution in [-0.4, -0.2) is 45.1 Å². The summed E-state index contributed by atoms with van der Waals surface area (Å²) in [6.45, 7) is 3.71. The Morgan fingerprint density at radius 2 is 1.55 bits per heavy atom. The predicted octanol–water partition coefficient (Wildman–Crippen LogP) is 4.64. The third-order valence-electron chi connectivity index (χ3n) is 5.23. The van der Waals surface area contributed by atoms with Crippen molar-refractivity contribution in [1.82, 2.24) is 4.90 Å². The lowest BCUT2D eigenvalue weighted by molar-refractivity contribution is 0.0761. The summed E-state index contributed by atoms with van der Waals surface area (Å²) in [7, 11) is -3.66. The molecule has 1 saturated heterocycles. The van der Waals surface area contributed by atoms with Gasteiger partial charge in [0.2, 0.25) is 0 Å². The second-order valence-electron chi connectivity index (χ2n) is 7.10. The Labute approximate surface area is 178 Å². The molecule has 5 nitrogen and oxygen atoms in total. The number of nitrogens with zero attached hydrogens (tertiary/aromatic N) is 2. The van der Waals surface area contributed by atoms with Gasteiger partial charge in [-0.3, -0.25) is 9.10 Å². The number of amides is 1. The summed E-state index contributed by atoms with van der Waals surface area (Å²) in [6.07, 6.45) is 6.38. The highest BCUT2D eigenvalue weighted by Crippen LogP contribution is 2.26. The van der Waals surface area contributed by atoms with E-state index in [0.717, 1.165) is 30.8 Å². The number of sulfonamides is 1. The Bertz CT molecular complexity index is 918. The van der Waals surface area contributed by atoms with Crippen LogP contribution in [0.2, 0.25) is 0 Å². The van der Waals surface area contributed by atoms with E-state index >= 15 is 0 Å². The third-order valence-corrected chi connectivity index (χ3v) is 7.89. The normalized spacial score (nSPS) is 15.0. The van der Waals surface area contributed by atoms with E-state index in [1.54, 1.807) is 48.2 Å². The van der Waals surface area contributed by atoms with Gasteiger partial charge >= 0.3 is 0 Å². The molecule has 1 amide bonds. The van der Waals surface area contributed by atoms with Crippen molar-refractivity contribution >= 4 is 33.4 Å². The summed E-state index contributed by atoms with van der Waals surface area (Å²) in [5.74, 6) is 0.0250. The van der Waals surface area contributed by atoms with Crippen LogP contribution in [0.5, 0.6) is 0 Å². The lowest BCUT2D eigenvalue weighted by Crippen LogP contribution is -2.32. The monoisotopic (exact) mass is 432 g/mol. The molecule has 1 aliphatic rings. The van der Waals surface area contributed by atoms with Gasteiger partial charge in [-0.2, -0.15) is 0 Å². The van der Waals surface area contributed by atoms with Crippen LogP contribution in [0.15, 0.2) is 58.3 Å². The summed E-state index contributed by atoms with van der Waals surface area (Å²) >= 11 is 1.57. The van der Waals surface area contributed by atoms with E-state index in [-0.39, 0.29) is 10.8 Å². The van der Waals surface area contributed by atoms with E-state index in [1.165, 1.54) is 17.1 Å². The molecule has 1 heterocycles. The zero-order valence-corrected chi connectivity index (χ0v) is 18.6. The van der Waals surface area contributed by atoms with Crippen molar-refractivity contribution in [3.05, 3.63) is 54.1 Å². The fourth-order valence-electron chi connectivity index (χ4n) is 3.59. The first-order valence-electron chi connectivity index (χ1n) is 10.0. The van der Waals surface area contributed by atoms with Gasteiger partial charge in [-0.15, -0.1) is 11.8 Å². The molecule has 1 fully saturated rings. The van der Waals surface area contributed by atoms with Crippen LogP contribution in [0, 0.1) is 0 Å². The number of likely N-dealkylation sites (tertiary alicyclic amines) is 1. The second-order valence-corrected chi connectivity index (χ2v) is 9.84. The number of thioether (sulfide) groups is 1. The van der Waals surface area contributed by atoms with E-state index in [2.05, 4.69) is 0 Å². The topological polar surface area (TPSA) is 57.7 Å². The standard InChI is InChI=1S/C22H28N2O3S2/c1-3-24(29(26,27)21-14-12-20(28-2)13-15-21)19-10-8-18(9-11-19)22(25)23-16-6-4-5-7-17-23/h8-15H,3-7,16-17H2,1-2H3. The first kappa shape index (κ1) is 21.7. The van der Waals surface area contributed by atoms with Crippen LogP contribution in [0.25, 0.3) is 0 Å². The zero-order valence-electron chi connectivity index (χ0n) is 17.0. The molecule has 0 bridgehead atoms. The smallest absolute Gasteiger partial charge is 0.264 e. The lowest BCUT2D eigenvalue weighted by Gasteiger charge is -2.24. The lowest BCUT2D eigenvalue weighted by atomic mass is 10.1. The molecule has 0 aromatic heterocycles. The highest BCUT2D eigenvalue weighted by molar-refractivity contribution is 7.98. The molecular weight excluding hydrogens is 404 g/mol. The minimum atomic E-state index is -3.66. The predicted molar refractivity (Wildman–Crippen MR) is 119 cm³/mol. The van der Waals surface area contributed by atoms with Crippen molar-refractivity contribution in [2.24, 2.45) is 0 Å². The van der Waals surface area contributed by atoms with E-state index < -0.39 is 10.0 Å². The Hall–Kier alpha value is -1.99. The summed E-state index contributed by atoms with van der Waals surface area (Å²) in [5, 5.41) is 0. The van der Waals surface area contributed by atoms with Gasteiger partial charge in [0.05, 0.1) is 10.6 Å². The Morgan fingerprint density at radius 1 is 0.966 bits per heavy atom. The van der Waals surface area contributed by atoms with Crippen molar-refractivity contribution in [2.75, 3.05) is 30.2 Å². The van der Waals surface area contributed by atoms with Crippen molar-refractivity contribution in [2.45, 2.75) is 42.4 Å². The van der Waals surface area contributed by atoms with Crippen molar-refractivity contribution < 1.29 is 13.2 Å². The highest BCUT2D eigenvalue weighted by atomic mass is 32.2. The Kier molecular flexibility index (Phi) is 7.24. The van der Waals surface area contributed by atoms with E-state index in [4.69, 9.17) is 0 Å². The quantitative estimate of drug-likeness (QED) is 0.624. The summed E-state index contributed by atoms with van der Waals surface area (Å²) in [4.78, 5) is 16.0. The maximum atomic E-state index is 13.1. The first-order valence-corrected chi connectivity index (χ1v) is 12.7. The van der Waals surface area contributed by atoms with E-state index in [1.807, 2.05) is 30.2 Å². The molecule has 3 rings (SSSR count). The van der Waals surface area contributed by atoms with Gasteiger partial charge < -0.3 is 4.90 Å². The molecule has 0 saturated carbocycles. The van der Waals surface area contributed by atoms with Crippen LogP contribution >= 0.6 is 11.8 Å². The largest absolute Gasteiger partial charge is 0.339 e. The van der Waals surface area contributed by atoms with Gasteiger partial charge in [0, 0.05) is 30.1 Å². The number of carbonyl (C=O) groups excluding carboxylic acids is 1. The van der Waals surface area contributed by atoms with Crippen LogP contribution in [0.1, 0.15) is 43.0 Å². The van der Waals surface area contributed by atoms with Crippen LogP contribution in [0.3, 0.4) is 0 Å². The van der Waals surface area contributed by atoms with Crippen molar-refractivity contribution in [3.8, 4) is 0 Å². The molecule has 0 aliphatic carbocycles. The molecule has 2 aromatic rings. The van der Waals surface area contributed by atoms with Crippen molar-refractivity contribution in [3.63, 3.8) is 0 Å². The molecule has 7 heteroatoms. The average Bonchev–Trinajstić information content (AvgIpc) is 3.04. The number of hydrogen-bond donors (Lipinski definition) is 0. The van der Waals surface area contributed by atoms with E-state index in [9.17, 15) is 13.2 Å². The number of hydrogen-bond acceptors (Lipinski definition) is 4. The van der Waals surface area contributed by atoms with Gasteiger partial charge in [-0.05, 0) is 74.6 Å². The number of carbonyl (C=O) groups is 1. The van der Waals surface area contributed by atoms with Crippen LogP contribution < -0.4 is 4.31 Å². The molecule has 0 radical (unpaired) electrons. The first-order chi connectivity index (χ1) is 14.0. The minimum Gasteiger partial charge on any atom is -0.339 e. The molecule has 0 N–H and O–H groups in total. The summed E-state index contributed by atoms with van der Waals surface area (Å²) in [5.41, 5.74) is 1.17. The van der Waals surface area contributed by atoms with E-state index in [0.29, 0.717) is 17.8 Å². The van der Waals surface area contributed by atoms with Gasteiger partial charge in [0.15, 0.2) is 0 Å². The SMILES string of the molecule is CCN(c1ccc(C(=O)N2CCCCCC2)cc1)S(=O)(=O)c1ccc(SC)cc1. The molecule has 0 atom stereocenters. The fraction of sp³-hybridized carbons (Fsp3) is 0.409. The summed E-state index contributed by atoms with van der Waals surface area (Å²) in [6, 6.07) is 13.8. The summed E-state index contributed by atoms with van der Waals surface area (Å²) < 4.78 is 27.6. The molecule has 156 valence electrons. The van der Waals surface area contributed by atoms with Gasteiger partial charge in [-0.1, -0.05) is 12.8 Å². The molecule has 2 aromatic carbocycles. The Morgan fingerprint density at radius 3 is 2.07 bits per heavy atom. The molecule has 0 unspecified atom stereocenters.